The number of nitrogens with one attached hydrogen (secondary N) is 1. The van der Waals surface area contributed by atoms with Gasteiger partial charge in [-0.3, -0.25) is 4.79 Å². The molecule has 0 saturated heterocycles. The number of anilines is 1. The molecule has 3 aromatic rings. The van der Waals surface area contributed by atoms with E-state index in [4.69, 9.17) is 0 Å². The molecule has 0 saturated carbocycles. The second-order valence-corrected chi connectivity index (χ2v) is 8.87. The molecule has 4 rings (SSSR count). The van der Waals surface area contributed by atoms with Crippen LogP contribution >= 0.6 is 0 Å². The van der Waals surface area contributed by atoms with Gasteiger partial charge in [-0.15, -0.1) is 0 Å². The second-order valence-electron chi connectivity index (χ2n) is 8.87. The lowest BCUT2D eigenvalue weighted by molar-refractivity contribution is -0.120. The van der Waals surface area contributed by atoms with Crippen LogP contribution in [0.2, 0.25) is 0 Å². The van der Waals surface area contributed by atoms with Gasteiger partial charge < -0.3 is 4.90 Å². The molecule has 0 spiro atoms. The Morgan fingerprint density at radius 3 is 2.65 bits per heavy atom. The number of nitrogens with zero attached hydrogens (tertiary/aromatic N) is 2. The van der Waals surface area contributed by atoms with Gasteiger partial charge in [0.05, 0.1) is 18.2 Å². The number of fused-ring (bicyclic) bond motifs is 2. The van der Waals surface area contributed by atoms with Crippen molar-refractivity contribution in [2.24, 2.45) is 5.10 Å². The fourth-order valence-corrected chi connectivity index (χ4v) is 4.29. The third-order valence-electron chi connectivity index (χ3n) is 6.23. The molecule has 4 nitrogen and oxygen atoms in total. The lowest BCUT2D eigenvalue weighted by Crippen LogP contribution is -2.42. The van der Waals surface area contributed by atoms with Gasteiger partial charge in [0, 0.05) is 18.3 Å². The van der Waals surface area contributed by atoms with Gasteiger partial charge in [-0.1, -0.05) is 48.5 Å². The number of hydrazone groups is 1. The minimum absolute atomic E-state index is 0.0191. The molecule has 1 amide bonds. The molecule has 1 N–H and O–H groups in total. The average Bonchev–Trinajstić information content (AvgIpc) is 2.73. The topological polar surface area (TPSA) is 44.7 Å². The smallest absolute Gasteiger partial charge is 0.244 e. The van der Waals surface area contributed by atoms with Crippen LogP contribution in [-0.2, 0) is 11.2 Å². The number of likely N-dealkylation sites (N-methyl/N-ethyl adjacent to an activating group) is 1. The highest BCUT2D eigenvalue weighted by Crippen LogP contribution is 2.38. The fourth-order valence-electron chi connectivity index (χ4n) is 4.29. The molecule has 4 heteroatoms. The Morgan fingerprint density at radius 1 is 1.10 bits per heavy atom. The SMILES string of the molecule is CC1=CC(C)(C)N(C)c2cc(C)c(/C=N/NC(=O)Cc3cccc4ccccc34)cc21. The third kappa shape index (κ3) is 4.11. The lowest BCUT2D eigenvalue weighted by atomic mass is 9.87. The van der Waals surface area contributed by atoms with Gasteiger partial charge in [0.2, 0.25) is 5.91 Å². The summed E-state index contributed by atoms with van der Waals surface area (Å²) in [6.45, 7) is 8.66. The molecule has 1 aliphatic heterocycles. The van der Waals surface area contributed by atoms with E-state index in [1.54, 1.807) is 6.21 Å². The van der Waals surface area contributed by atoms with Crippen LogP contribution < -0.4 is 10.3 Å². The number of carbonyl (C=O) groups is 1. The molecule has 31 heavy (non-hydrogen) atoms. The summed E-state index contributed by atoms with van der Waals surface area (Å²) >= 11 is 0. The van der Waals surface area contributed by atoms with E-state index in [0.29, 0.717) is 6.42 Å². The Hall–Kier alpha value is -3.40. The molecule has 158 valence electrons. The van der Waals surface area contributed by atoms with Gasteiger partial charge in [-0.2, -0.15) is 5.10 Å². The molecular weight excluding hydrogens is 382 g/mol. The molecule has 0 unspecified atom stereocenters. The highest BCUT2D eigenvalue weighted by molar-refractivity contribution is 5.92. The Morgan fingerprint density at radius 2 is 1.84 bits per heavy atom. The number of benzene rings is 3. The summed E-state index contributed by atoms with van der Waals surface area (Å²) in [6.07, 6.45) is 4.32. The van der Waals surface area contributed by atoms with Crippen molar-refractivity contribution < 1.29 is 4.79 Å². The summed E-state index contributed by atoms with van der Waals surface area (Å²) in [5, 5.41) is 6.48. The van der Waals surface area contributed by atoms with Gasteiger partial charge in [0.15, 0.2) is 0 Å². The fraction of sp³-hybridized carbons (Fsp3) is 0.259. The largest absolute Gasteiger partial charge is 0.365 e. The van der Waals surface area contributed by atoms with Crippen LogP contribution in [0.25, 0.3) is 16.3 Å². The number of allylic oxidation sites excluding steroid dienone is 1. The van der Waals surface area contributed by atoms with Crippen molar-refractivity contribution >= 4 is 34.2 Å². The molecule has 3 aromatic carbocycles. The number of aryl methyl sites for hydroxylation is 1. The molecule has 1 aliphatic rings. The number of carbonyl (C=O) groups excluding carboxylic acids is 1. The van der Waals surface area contributed by atoms with E-state index < -0.39 is 0 Å². The summed E-state index contributed by atoms with van der Waals surface area (Å²) in [6, 6.07) is 18.5. The standard InChI is InChI=1S/C27H29N3O/c1-18-13-25-24(19(2)16-27(3,4)30(25)5)14-22(18)17-28-29-26(31)15-21-11-8-10-20-9-6-7-12-23(20)21/h6-14,16-17H,15H2,1-5H3,(H,29,31)/b28-17+. The van der Waals surface area contributed by atoms with E-state index in [1.807, 2.05) is 30.3 Å². The van der Waals surface area contributed by atoms with Crippen molar-refractivity contribution in [3.05, 3.63) is 82.9 Å². The summed E-state index contributed by atoms with van der Waals surface area (Å²) in [7, 11) is 2.13. The van der Waals surface area contributed by atoms with E-state index in [9.17, 15) is 4.79 Å². The van der Waals surface area contributed by atoms with Crippen molar-refractivity contribution in [1.82, 2.24) is 5.43 Å². The van der Waals surface area contributed by atoms with Crippen LogP contribution in [-0.4, -0.2) is 24.7 Å². The lowest BCUT2D eigenvalue weighted by Gasteiger charge is -2.41. The monoisotopic (exact) mass is 411 g/mol. The van der Waals surface area contributed by atoms with Gasteiger partial charge in [0.25, 0.3) is 0 Å². The van der Waals surface area contributed by atoms with Crippen LogP contribution in [0.1, 0.15) is 43.0 Å². The van der Waals surface area contributed by atoms with Crippen LogP contribution in [0.5, 0.6) is 0 Å². The van der Waals surface area contributed by atoms with E-state index >= 15 is 0 Å². The normalized spacial score (nSPS) is 15.1. The first-order chi connectivity index (χ1) is 14.8. The number of rotatable bonds is 4. The molecule has 0 bridgehead atoms. The maximum atomic E-state index is 12.5. The average molecular weight is 412 g/mol. The second kappa shape index (κ2) is 8.03. The molecular formula is C27H29N3O. The van der Waals surface area contributed by atoms with Crippen molar-refractivity contribution in [1.29, 1.82) is 0 Å². The Kier molecular flexibility index (Phi) is 5.40. The highest BCUT2D eigenvalue weighted by atomic mass is 16.2. The first-order valence-corrected chi connectivity index (χ1v) is 10.6. The van der Waals surface area contributed by atoms with E-state index in [0.717, 1.165) is 27.5 Å². The van der Waals surface area contributed by atoms with E-state index in [2.05, 4.69) is 80.5 Å². The Balaban J connectivity index is 1.51. The van der Waals surface area contributed by atoms with Crippen molar-refractivity contribution in [3.63, 3.8) is 0 Å². The highest BCUT2D eigenvalue weighted by Gasteiger charge is 2.28. The first-order valence-electron chi connectivity index (χ1n) is 10.6. The summed E-state index contributed by atoms with van der Waals surface area (Å²) in [5.41, 5.74) is 9.49. The van der Waals surface area contributed by atoms with Gasteiger partial charge in [0.1, 0.15) is 0 Å². The summed E-state index contributed by atoms with van der Waals surface area (Å²) < 4.78 is 0. The molecule has 0 atom stereocenters. The summed E-state index contributed by atoms with van der Waals surface area (Å²) in [4.78, 5) is 14.8. The zero-order valence-electron chi connectivity index (χ0n) is 18.9. The molecule has 1 heterocycles. The summed E-state index contributed by atoms with van der Waals surface area (Å²) in [5.74, 6) is -0.124. The first kappa shape index (κ1) is 20.9. The van der Waals surface area contributed by atoms with Crippen LogP contribution in [0.4, 0.5) is 5.69 Å². The van der Waals surface area contributed by atoms with Crippen molar-refractivity contribution in [2.75, 3.05) is 11.9 Å². The van der Waals surface area contributed by atoms with Crippen LogP contribution in [0, 0.1) is 6.92 Å². The van der Waals surface area contributed by atoms with Gasteiger partial charge >= 0.3 is 0 Å². The molecule has 0 aliphatic carbocycles. The van der Waals surface area contributed by atoms with Crippen molar-refractivity contribution in [3.8, 4) is 0 Å². The predicted molar refractivity (Wildman–Crippen MR) is 131 cm³/mol. The number of hydrogen-bond donors (Lipinski definition) is 1. The van der Waals surface area contributed by atoms with Crippen LogP contribution in [0.15, 0.2) is 65.8 Å². The van der Waals surface area contributed by atoms with Crippen molar-refractivity contribution in [2.45, 2.75) is 39.7 Å². The molecule has 0 aromatic heterocycles. The molecule has 0 fully saturated rings. The predicted octanol–water partition coefficient (Wildman–Crippen LogP) is 5.47. The number of hydrogen-bond acceptors (Lipinski definition) is 3. The third-order valence-corrected chi connectivity index (χ3v) is 6.23. The zero-order chi connectivity index (χ0) is 22.2. The minimum atomic E-state index is -0.124. The minimum Gasteiger partial charge on any atom is -0.365 e. The maximum absolute atomic E-state index is 12.5. The Bertz CT molecular complexity index is 1220. The van der Waals surface area contributed by atoms with Crippen LogP contribution in [0.3, 0.4) is 0 Å². The van der Waals surface area contributed by atoms with Gasteiger partial charge in [-0.25, -0.2) is 5.43 Å². The van der Waals surface area contributed by atoms with E-state index in [1.165, 1.54) is 16.8 Å². The maximum Gasteiger partial charge on any atom is 0.244 e. The number of amides is 1. The Labute approximate surface area is 184 Å². The van der Waals surface area contributed by atoms with E-state index in [-0.39, 0.29) is 11.4 Å². The zero-order valence-corrected chi connectivity index (χ0v) is 18.9. The van der Waals surface area contributed by atoms with Gasteiger partial charge in [-0.05, 0) is 72.9 Å². The molecule has 0 radical (unpaired) electrons. The quantitative estimate of drug-likeness (QED) is 0.457.